The number of hydrogen-bond acceptors (Lipinski definition) is 2. The summed E-state index contributed by atoms with van der Waals surface area (Å²) in [7, 11) is 0. The van der Waals surface area contributed by atoms with Crippen LogP contribution in [0.15, 0.2) is 41.1 Å². The fourth-order valence-corrected chi connectivity index (χ4v) is 1.34. The van der Waals surface area contributed by atoms with E-state index in [1.807, 2.05) is 24.3 Å². The van der Waals surface area contributed by atoms with E-state index < -0.39 is 0 Å². The number of anilines is 1. The molecule has 13 heavy (non-hydrogen) atoms. The van der Waals surface area contributed by atoms with Gasteiger partial charge < -0.3 is 5.73 Å². The SMILES string of the molecule is Nc1cnn(-c2ccc(Br)cc2)c1. The molecule has 2 aromatic rings. The molecule has 0 fully saturated rings. The molecule has 0 saturated carbocycles. The van der Waals surface area contributed by atoms with Crippen molar-refractivity contribution >= 4 is 21.6 Å². The maximum atomic E-state index is 5.55. The molecular formula is C9H8BrN3. The van der Waals surface area contributed by atoms with E-state index >= 15 is 0 Å². The molecule has 1 aromatic heterocycles. The highest BCUT2D eigenvalue weighted by atomic mass is 79.9. The molecule has 0 aliphatic carbocycles. The molecule has 66 valence electrons. The van der Waals surface area contributed by atoms with Crippen LogP contribution >= 0.6 is 15.9 Å². The van der Waals surface area contributed by atoms with Crippen molar-refractivity contribution in [1.82, 2.24) is 9.78 Å². The van der Waals surface area contributed by atoms with E-state index in [1.165, 1.54) is 0 Å². The summed E-state index contributed by atoms with van der Waals surface area (Å²) < 4.78 is 2.79. The minimum Gasteiger partial charge on any atom is -0.396 e. The molecule has 2 rings (SSSR count). The van der Waals surface area contributed by atoms with Gasteiger partial charge in [0.2, 0.25) is 0 Å². The van der Waals surface area contributed by atoms with Crippen LogP contribution < -0.4 is 5.73 Å². The second-order valence-electron chi connectivity index (χ2n) is 2.69. The summed E-state index contributed by atoms with van der Waals surface area (Å²) in [6.45, 7) is 0. The predicted octanol–water partition coefficient (Wildman–Crippen LogP) is 2.22. The molecule has 2 N–H and O–H groups in total. The van der Waals surface area contributed by atoms with Crippen LogP contribution in [0.1, 0.15) is 0 Å². The third-order valence-electron chi connectivity index (χ3n) is 1.69. The van der Waals surface area contributed by atoms with Crippen LogP contribution in [-0.2, 0) is 0 Å². The number of rotatable bonds is 1. The van der Waals surface area contributed by atoms with Gasteiger partial charge in [-0.15, -0.1) is 0 Å². The molecule has 0 bridgehead atoms. The minimum absolute atomic E-state index is 0.669. The fourth-order valence-electron chi connectivity index (χ4n) is 1.07. The highest BCUT2D eigenvalue weighted by Crippen LogP contribution is 2.14. The lowest BCUT2D eigenvalue weighted by Gasteiger charge is -1.99. The van der Waals surface area contributed by atoms with Gasteiger partial charge in [-0.2, -0.15) is 5.10 Å². The number of benzene rings is 1. The Kier molecular flexibility index (Phi) is 2.06. The van der Waals surface area contributed by atoms with Crippen LogP contribution in [0.4, 0.5) is 5.69 Å². The Labute approximate surface area is 84.3 Å². The summed E-state index contributed by atoms with van der Waals surface area (Å²) in [5.74, 6) is 0. The van der Waals surface area contributed by atoms with Gasteiger partial charge in [-0.3, -0.25) is 0 Å². The van der Waals surface area contributed by atoms with E-state index in [0.717, 1.165) is 10.2 Å². The topological polar surface area (TPSA) is 43.8 Å². The van der Waals surface area contributed by atoms with Gasteiger partial charge in [0.25, 0.3) is 0 Å². The predicted molar refractivity (Wildman–Crippen MR) is 55.7 cm³/mol. The van der Waals surface area contributed by atoms with Crippen molar-refractivity contribution in [2.24, 2.45) is 0 Å². The van der Waals surface area contributed by atoms with E-state index in [-0.39, 0.29) is 0 Å². The number of halogens is 1. The molecule has 0 unspecified atom stereocenters. The van der Waals surface area contributed by atoms with Gasteiger partial charge in [-0.05, 0) is 24.3 Å². The van der Waals surface area contributed by atoms with Crippen LogP contribution in [0.3, 0.4) is 0 Å². The summed E-state index contributed by atoms with van der Waals surface area (Å²) in [6.07, 6.45) is 3.41. The zero-order valence-electron chi connectivity index (χ0n) is 6.81. The second-order valence-corrected chi connectivity index (χ2v) is 3.61. The number of hydrogen-bond donors (Lipinski definition) is 1. The first-order valence-corrected chi connectivity index (χ1v) is 4.61. The van der Waals surface area contributed by atoms with Gasteiger partial charge in [0.05, 0.1) is 23.8 Å². The summed E-state index contributed by atoms with van der Waals surface area (Å²) in [5, 5.41) is 4.09. The van der Waals surface area contributed by atoms with Crippen LogP contribution in [0.25, 0.3) is 5.69 Å². The average Bonchev–Trinajstić information content (AvgIpc) is 2.53. The molecule has 1 heterocycles. The second kappa shape index (κ2) is 3.22. The third kappa shape index (κ3) is 1.72. The molecular weight excluding hydrogens is 230 g/mol. The van der Waals surface area contributed by atoms with E-state index in [1.54, 1.807) is 17.1 Å². The maximum absolute atomic E-state index is 5.55. The van der Waals surface area contributed by atoms with Crippen molar-refractivity contribution in [2.45, 2.75) is 0 Å². The number of nitrogen functional groups attached to an aromatic ring is 1. The molecule has 0 aliphatic heterocycles. The van der Waals surface area contributed by atoms with Gasteiger partial charge >= 0.3 is 0 Å². The van der Waals surface area contributed by atoms with Gasteiger partial charge in [0.1, 0.15) is 0 Å². The van der Waals surface area contributed by atoms with Gasteiger partial charge in [0, 0.05) is 4.47 Å². The van der Waals surface area contributed by atoms with Crippen molar-refractivity contribution in [2.75, 3.05) is 5.73 Å². The highest BCUT2D eigenvalue weighted by Gasteiger charge is 1.96. The van der Waals surface area contributed by atoms with Crippen molar-refractivity contribution in [3.05, 3.63) is 41.1 Å². The minimum atomic E-state index is 0.669. The van der Waals surface area contributed by atoms with Crippen molar-refractivity contribution < 1.29 is 0 Å². The largest absolute Gasteiger partial charge is 0.396 e. The zero-order chi connectivity index (χ0) is 9.26. The number of nitrogens with zero attached hydrogens (tertiary/aromatic N) is 2. The van der Waals surface area contributed by atoms with Gasteiger partial charge in [-0.1, -0.05) is 15.9 Å². The smallest absolute Gasteiger partial charge is 0.0724 e. The van der Waals surface area contributed by atoms with Crippen molar-refractivity contribution in [3.8, 4) is 5.69 Å². The van der Waals surface area contributed by atoms with Crippen LogP contribution in [0.2, 0.25) is 0 Å². The lowest BCUT2D eigenvalue weighted by molar-refractivity contribution is 0.880. The molecule has 1 aromatic carbocycles. The quantitative estimate of drug-likeness (QED) is 0.827. The fraction of sp³-hybridized carbons (Fsp3) is 0. The van der Waals surface area contributed by atoms with E-state index in [4.69, 9.17) is 5.73 Å². The third-order valence-corrected chi connectivity index (χ3v) is 2.22. The monoisotopic (exact) mass is 237 g/mol. The molecule has 0 atom stereocenters. The van der Waals surface area contributed by atoms with E-state index in [0.29, 0.717) is 5.69 Å². The van der Waals surface area contributed by atoms with E-state index in [2.05, 4.69) is 21.0 Å². The summed E-state index contributed by atoms with van der Waals surface area (Å²) in [5.41, 5.74) is 7.22. The van der Waals surface area contributed by atoms with Crippen LogP contribution in [-0.4, -0.2) is 9.78 Å². The Morgan fingerprint density at radius 2 is 1.92 bits per heavy atom. The Balaban J connectivity index is 2.41. The Hall–Kier alpha value is -1.29. The molecule has 4 heteroatoms. The molecule has 0 radical (unpaired) electrons. The highest BCUT2D eigenvalue weighted by molar-refractivity contribution is 9.10. The first-order valence-electron chi connectivity index (χ1n) is 3.82. The summed E-state index contributed by atoms with van der Waals surface area (Å²) in [4.78, 5) is 0. The molecule has 0 aliphatic rings. The normalized spacial score (nSPS) is 10.2. The molecule has 3 nitrogen and oxygen atoms in total. The average molecular weight is 238 g/mol. The van der Waals surface area contributed by atoms with Gasteiger partial charge in [0.15, 0.2) is 0 Å². The Morgan fingerprint density at radius 3 is 2.46 bits per heavy atom. The number of nitrogens with two attached hydrogens (primary N) is 1. The molecule has 0 spiro atoms. The van der Waals surface area contributed by atoms with Crippen molar-refractivity contribution in [3.63, 3.8) is 0 Å². The van der Waals surface area contributed by atoms with Gasteiger partial charge in [-0.25, -0.2) is 4.68 Å². The molecule has 0 amide bonds. The van der Waals surface area contributed by atoms with Crippen molar-refractivity contribution in [1.29, 1.82) is 0 Å². The maximum Gasteiger partial charge on any atom is 0.0724 e. The Bertz CT molecular complexity index is 405. The van der Waals surface area contributed by atoms with Crippen LogP contribution in [0, 0.1) is 0 Å². The van der Waals surface area contributed by atoms with E-state index in [9.17, 15) is 0 Å². The lowest BCUT2D eigenvalue weighted by Crippen LogP contribution is -1.92. The Morgan fingerprint density at radius 1 is 1.23 bits per heavy atom. The number of aromatic nitrogens is 2. The zero-order valence-corrected chi connectivity index (χ0v) is 8.40. The lowest BCUT2D eigenvalue weighted by atomic mass is 10.3. The standard InChI is InChI=1S/C9H8BrN3/c10-7-1-3-9(4-2-7)13-6-8(11)5-12-13/h1-6H,11H2. The first-order chi connectivity index (χ1) is 6.25. The molecule has 0 saturated heterocycles. The summed E-state index contributed by atoms with van der Waals surface area (Å²) >= 11 is 3.37. The van der Waals surface area contributed by atoms with Crippen LogP contribution in [0.5, 0.6) is 0 Å². The summed E-state index contributed by atoms with van der Waals surface area (Å²) in [6, 6.07) is 7.87. The first kappa shape index (κ1) is 8.31.